The van der Waals surface area contributed by atoms with Gasteiger partial charge < -0.3 is 14.7 Å². The predicted molar refractivity (Wildman–Crippen MR) is 89.1 cm³/mol. The number of hydrogen-bond donors (Lipinski definition) is 1. The lowest BCUT2D eigenvalue weighted by Gasteiger charge is -2.19. The van der Waals surface area contributed by atoms with E-state index in [2.05, 4.69) is 0 Å². The summed E-state index contributed by atoms with van der Waals surface area (Å²) in [6.45, 7) is 0.00571. The largest absolute Gasteiger partial charge is 0.493 e. The van der Waals surface area contributed by atoms with Crippen LogP contribution < -0.4 is 4.74 Å². The molecule has 1 saturated heterocycles. The molecule has 2 aromatic rings. The summed E-state index contributed by atoms with van der Waals surface area (Å²) < 4.78 is 32.9. The molecule has 0 aliphatic carbocycles. The number of amides is 1. The highest BCUT2D eigenvalue weighted by atomic mass is 19.1. The smallest absolute Gasteiger partial charge is 0.308 e. The van der Waals surface area contributed by atoms with Gasteiger partial charge in [0.2, 0.25) is 0 Å². The highest BCUT2D eigenvalue weighted by Crippen LogP contribution is 2.35. The van der Waals surface area contributed by atoms with Crippen molar-refractivity contribution in [3.05, 3.63) is 65.2 Å². The van der Waals surface area contributed by atoms with Crippen LogP contribution in [0.15, 0.2) is 42.5 Å². The Morgan fingerprint density at radius 1 is 1.08 bits per heavy atom. The quantitative estimate of drug-likeness (QED) is 0.909. The fourth-order valence-corrected chi connectivity index (χ4v) is 3.35. The Kier molecular flexibility index (Phi) is 4.88. The van der Waals surface area contributed by atoms with Gasteiger partial charge in [-0.15, -0.1) is 0 Å². The lowest BCUT2D eigenvalue weighted by atomic mass is 9.89. The van der Waals surface area contributed by atoms with Crippen molar-refractivity contribution < 1.29 is 28.2 Å². The monoisotopic (exact) mass is 361 g/mol. The fourth-order valence-electron chi connectivity index (χ4n) is 3.35. The van der Waals surface area contributed by atoms with Crippen molar-refractivity contribution >= 4 is 11.9 Å². The SMILES string of the molecule is COc1c(F)ccc(F)c1C(=O)N1CC(C(=O)O)C(c2ccccc2)C1. The van der Waals surface area contributed by atoms with Gasteiger partial charge in [0.25, 0.3) is 5.91 Å². The zero-order valence-corrected chi connectivity index (χ0v) is 14.0. The second-order valence-electron chi connectivity index (χ2n) is 6.11. The van der Waals surface area contributed by atoms with E-state index in [1.54, 1.807) is 24.3 Å². The lowest BCUT2D eigenvalue weighted by Crippen LogP contribution is -2.31. The van der Waals surface area contributed by atoms with E-state index in [-0.39, 0.29) is 13.1 Å². The van der Waals surface area contributed by atoms with E-state index < -0.39 is 46.7 Å². The molecule has 136 valence electrons. The first kappa shape index (κ1) is 17.8. The molecule has 0 radical (unpaired) electrons. The van der Waals surface area contributed by atoms with Gasteiger partial charge in [-0.25, -0.2) is 8.78 Å². The summed E-state index contributed by atoms with van der Waals surface area (Å²) in [5, 5.41) is 9.52. The average molecular weight is 361 g/mol. The van der Waals surface area contributed by atoms with Gasteiger partial charge in [0, 0.05) is 19.0 Å². The zero-order valence-electron chi connectivity index (χ0n) is 14.0. The standard InChI is InChI=1S/C19H17F2NO4/c1-26-17-15(21)8-7-14(20)16(17)18(23)22-9-12(13(10-22)19(24)25)11-5-3-2-4-6-11/h2-8,12-13H,9-10H2,1H3,(H,24,25). The first-order chi connectivity index (χ1) is 12.4. The van der Waals surface area contributed by atoms with Crippen LogP contribution in [0.2, 0.25) is 0 Å². The summed E-state index contributed by atoms with van der Waals surface area (Å²) in [7, 11) is 1.14. The molecule has 1 fully saturated rings. The van der Waals surface area contributed by atoms with Gasteiger partial charge in [0.15, 0.2) is 11.6 Å². The Balaban J connectivity index is 1.95. The molecule has 0 aromatic heterocycles. The molecule has 1 heterocycles. The summed E-state index contributed by atoms with van der Waals surface area (Å²) in [6.07, 6.45) is 0. The molecular weight excluding hydrogens is 344 g/mol. The van der Waals surface area contributed by atoms with Gasteiger partial charge in [0.05, 0.1) is 13.0 Å². The molecule has 26 heavy (non-hydrogen) atoms. The molecule has 2 unspecified atom stereocenters. The number of hydrogen-bond acceptors (Lipinski definition) is 3. The van der Waals surface area contributed by atoms with E-state index in [1.807, 2.05) is 6.07 Å². The Morgan fingerprint density at radius 2 is 1.73 bits per heavy atom. The molecule has 1 N–H and O–H groups in total. The van der Waals surface area contributed by atoms with Gasteiger partial charge in [-0.05, 0) is 17.7 Å². The van der Waals surface area contributed by atoms with Crippen LogP contribution in [0.25, 0.3) is 0 Å². The Bertz CT molecular complexity index is 841. The summed E-state index contributed by atoms with van der Waals surface area (Å²) in [6, 6.07) is 10.7. The molecule has 0 spiro atoms. The number of ether oxygens (including phenoxy) is 1. The van der Waals surface area contributed by atoms with Crippen molar-refractivity contribution in [3.63, 3.8) is 0 Å². The normalized spacial score (nSPS) is 19.4. The van der Waals surface area contributed by atoms with Gasteiger partial charge in [-0.2, -0.15) is 0 Å². The highest BCUT2D eigenvalue weighted by molar-refractivity contribution is 5.98. The van der Waals surface area contributed by atoms with E-state index in [0.29, 0.717) is 0 Å². The van der Waals surface area contributed by atoms with Crippen LogP contribution in [0.4, 0.5) is 8.78 Å². The molecular formula is C19H17F2NO4. The predicted octanol–water partition coefficient (Wildman–Crippen LogP) is 2.91. The third-order valence-electron chi connectivity index (χ3n) is 4.63. The Morgan fingerprint density at radius 3 is 2.35 bits per heavy atom. The van der Waals surface area contributed by atoms with Crippen molar-refractivity contribution in [2.24, 2.45) is 5.92 Å². The molecule has 1 aliphatic heterocycles. The van der Waals surface area contributed by atoms with E-state index in [0.717, 1.165) is 24.8 Å². The second kappa shape index (κ2) is 7.11. The first-order valence-corrected chi connectivity index (χ1v) is 8.03. The van der Waals surface area contributed by atoms with Crippen LogP contribution in [-0.2, 0) is 4.79 Å². The van der Waals surface area contributed by atoms with Crippen molar-refractivity contribution in [2.75, 3.05) is 20.2 Å². The van der Waals surface area contributed by atoms with E-state index in [1.165, 1.54) is 4.90 Å². The number of aliphatic carboxylic acids is 1. The second-order valence-corrected chi connectivity index (χ2v) is 6.11. The lowest BCUT2D eigenvalue weighted by molar-refractivity contribution is -0.141. The maximum absolute atomic E-state index is 14.2. The molecule has 7 heteroatoms. The van der Waals surface area contributed by atoms with Crippen LogP contribution in [-0.4, -0.2) is 42.1 Å². The minimum absolute atomic E-state index is 0.0904. The number of rotatable bonds is 4. The summed E-state index contributed by atoms with van der Waals surface area (Å²) in [5.74, 6) is -5.34. The van der Waals surface area contributed by atoms with Crippen LogP contribution in [0.1, 0.15) is 21.8 Å². The third-order valence-corrected chi connectivity index (χ3v) is 4.63. The molecule has 0 bridgehead atoms. The Labute approximate surface area is 148 Å². The van der Waals surface area contributed by atoms with Crippen molar-refractivity contribution in [2.45, 2.75) is 5.92 Å². The summed E-state index contributed by atoms with van der Waals surface area (Å²) in [4.78, 5) is 25.7. The van der Waals surface area contributed by atoms with E-state index >= 15 is 0 Å². The van der Waals surface area contributed by atoms with E-state index in [9.17, 15) is 23.5 Å². The van der Waals surface area contributed by atoms with Gasteiger partial charge >= 0.3 is 5.97 Å². The number of methoxy groups -OCH3 is 1. The Hall–Kier alpha value is -2.96. The minimum Gasteiger partial charge on any atom is -0.493 e. The number of carbonyl (C=O) groups is 2. The number of carboxylic acids is 1. The van der Waals surface area contributed by atoms with Crippen molar-refractivity contribution in [1.29, 1.82) is 0 Å². The number of benzene rings is 2. The molecule has 1 aliphatic rings. The van der Waals surface area contributed by atoms with Crippen molar-refractivity contribution in [3.8, 4) is 5.75 Å². The third kappa shape index (κ3) is 3.12. The maximum Gasteiger partial charge on any atom is 0.308 e. The summed E-state index contributed by atoms with van der Waals surface area (Å²) >= 11 is 0. The number of carbonyl (C=O) groups excluding carboxylic acids is 1. The number of halogens is 2. The average Bonchev–Trinajstić information content (AvgIpc) is 3.09. The number of likely N-dealkylation sites (tertiary alicyclic amines) is 1. The number of carboxylic acid groups (broad SMARTS) is 1. The number of nitrogens with zero attached hydrogens (tertiary/aromatic N) is 1. The fraction of sp³-hybridized carbons (Fsp3) is 0.263. The topological polar surface area (TPSA) is 66.8 Å². The molecule has 1 amide bonds. The zero-order chi connectivity index (χ0) is 18.8. The molecule has 3 rings (SSSR count). The van der Waals surface area contributed by atoms with Crippen LogP contribution in [0.3, 0.4) is 0 Å². The highest BCUT2D eigenvalue weighted by Gasteiger charge is 2.41. The first-order valence-electron chi connectivity index (χ1n) is 8.03. The van der Waals surface area contributed by atoms with Gasteiger partial charge in [-0.3, -0.25) is 9.59 Å². The van der Waals surface area contributed by atoms with Gasteiger partial charge in [0.1, 0.15) is 11.4 Å². The molecule has 0 saturated carbocycles. The molecule has 2 atom stereocenters. The van der Waals surface area contributed by atoms with Crippen molar-refractivity contribution in [1.82, 2.24) is 4.90 Å². The van der Waals surface area contributed by atoms with Gasteiger partial charge in [-0.1, -0.05) is 30.3 Å². The molecule has 5 nitrogen and oxygen atoms in total. The maximum atomic E-state index is 14.2. The minimum atomic E-state index is -1.04. The molecule has 2 aromatic carbocycles. The van der Waals surface area contributed by atoms with Crippen LogP contribution in [0.5, 0.6) is 5.75 Å². The van der Waals surface area contributed by atoms with Crippen LogP contribution >= 0.6 is 0 Å². The van der Waals surface area contributed by atoms with Crippen LogP contribution in [0, 0.1) is 17.6 Å². The van der Waals surface area contributed by atoms with E-state index in [4.69, 9.17) is 4.74 Å². The summed E-state index contributed by atoms with van der Waals surface area (Å²) in [5.41, 5.74) is 0.257.